The zero-order chi connectivity index (χ0) is 16.8. The SMILES string of the molecule is CC1(C)OB(C(=C[Si](C)(C)C)c2ccc(F)cc2)OC1(C)C. The molecule has 1 aromatic rings. The van der Waals surface area contributed by atoms with Crippen LogP contribution in [-0.2, 0) is 9.31 Å². The molecular weight excluding hydrogens is 294 g/mol. The zero-order valence-corrected chi connectivity index (χ0v) is 15.7. The van der Waals surface area contributed by atoms with E-state index in [-0.39, 0.29) is 17.0 Å². The van der Waals surface area contributed by atoms with Crippen molar-refractivity contribution in [2.24, 2.45) is 0 Å². The molecule has 0 bridgehead atoms. The summed E-state index contributed by atoms with van der Waals surface area (Å²) in [5.41, 5.74) is 3.50. The van der Waals surface area contributed by atoms with E-state index in [1.807, 2.05) is 27.7 Å². The minimum Gasteiger partial charge on any atom is -0.399 e. The summed E-state index contributed by atoms with van der Waals surface area (Å²) in [6.07, 6.45) is 0. The third-order valence-corrected chi connectivity index (χ3v) is 5.45. The van der Waals surface area contributed by atoms with Crippen molar-refractivity contribution in [3.63, 3.8) is 0 Å². The van der Waals surface area contributed by atoms with Gasteiger partial charge in [0.1, 0.15) is 5.82 Å². The largest absolute Gasteiger partial charge is 0.494 e. The van der Waals surface area contributed by atoms with Gasteiger partial charge >= 0.3 is 7.12 Å². The quantitative estimate of drug-likeness (QED) is 0.750. The predicted molar refractivity (Wildman–Crippen MR) is 93.8 cm³/mol. The van der Waals surface area contributed by atoms with Crippen LogP contribution in [0.1, 0.15) is 33.3 Å². The van der Waals surface area contributed by atoms with Gasteiger partial charge in [0.05, 0.1) is 19.3 Å². The number of hydrogen-bond donors (Lipinski definition) is 0. The van der Waals surface area contributed by atoms with E-state index in [1.54, 1.807) is 12.1 Å². The fourth-order valence-corrected chi connectivity index (χ4v) is 3.60. The lowest BCUT2D eigenvalue weighted by atomic mass is 9.75. The van der Waals surface area contributed by atoms with E-state index in [1.165, 1.54) is 12.1 Å². The van der Waals surface area contributed by atoms with Gasteiger partial charge in [0.2, 0.25) is 0 Å². The van der Waals surface area contributed by atoms with Crippen molar-refractivity contribution in [2.75, 3.05) is 0 Å². The molecule has 5 heteroatoms. The lowest BCUT2D eigenvalue weighted by molar-refractivity contribution is 0.00578. The van der Waals surface area contributed by atoms with Crippen LogP contribution in [0.4, 0.5) is 4.39 Å². The molecule has 0 radical (unpaired) electrons. The first-order chi connectivity index (χ1) is 9.91. The van der Waals surface area contributed by atoms with Gasteiger partial charge in [0.15, 0.2) is 0 Å². The molecule has 2 nitrogen and oxygen atoms in total. The molecule has 1 aromatic carbocycles. The Morgan fingerprint density at radius 3 is 1.86 bits per heavy atom. The number of rotatable bonds is 3. The second-order valence-corrected chi connectivity index (χ2v) is 13.1. The van der Waals surface area contributed by atoms with Crippen molar-refractivity contribution in [2.45, 2.75) is 58.5 Å². The molecule has 0 aromatic heterocycles. The normalized spacial score (nSPS) is 21.3. The fourth-order valence-electron chi connectivity index (χ4n) is 2.37. The lowest BCUT2D eigenvalue weighted by Crippen LogP contribution is -2.41. The van der Waals surface area contributed by atoms with E-state index >= 15 is 0 Å². The summed E-state index contributed by atoms with van der Waals surface area (Å²) in [5.74, 6) is -0.231. The number of benzene rings is 1. The van der Waals surface area contributed by atoms with Gasteiger partial charge in [0, 0.05) is 0 Å². The Kier molecular flexibility index (Phi) is 4.46. The molecule has 1 saturated heterocycles. The molecule has 0 spiro atoms. The number of hydrogen-bond acceptors (Lipinski definition) is 2. The Morgan fingerprint density at radius 2 is 1.45 bits per heavy atom. The summed E-state index contributed by atoms with van der Waals surface area (Å²) in [4.78, 5) is 0. The van der Waals surface area contributed by atoms with Gasteiger partial charge in [-0.15, -0.1) is 0 Å². The van der Waals surface area contributed by atoms with Crippen molar-refractivity contribution in [3.8, 4) is 0 Å². The summed E-state index contributed by atoms with van der Waals surface area (Å²) in [6, 6.07) is 6.57. The van der Waals surface area contributed by atoms with Crippen molar-refractivity contribution >= 4 is 20.7 Å². The number of halogens is 1. The van der Waals surface area contributed by atoms with Gasteiger partial charge in [-0.3, -0.25) is 0 Å². The molecule has 120 valence electrons. The molecule has 0 amide bonds. The van der Waals surface area contributed by atoms with Crippen molar-refractivity contribution in [1.29, 1.82) is 0 Å². The molecule has 0 atom stereocenters. The van der Waals surface area contributed by atoms with E-state index in [9.17, 15) is 4.39 Å². The van der Waals surface area contributed by atoms with Gasteiger partial charge in [0.25, 0.3) is 0 Å². The monoisotopic (exact) mass is 320 g/mol. The Hall–Kier alpha value is -0.908. The van der Waals surface area contributed by atoms with Crippen LogP contribution in [0.25, 0.3) is 5.47 Å². The highest BCUT2D eigenvalue weighted by Gasteiger charge is 2.52. The van der Waals surface area contributed by atoms with Crippen LogP contribution in [0.15, 0.2) is 30.0 Å². The molecule has 0 aliphatic carbocycles. The standard InChI is InChI=1S/C17H26BFO2Si/c1-16(2)17(3,4)21-18(20-16)15(12-22(5,6)7)13-8-10-14(19)11-9-13/h8-12H,1-7H3. The molecule has 1 aliphatic heterocycles. The average molecular weight is 320 g/mol. The van der Waals surface area contributed by atoms with Crippen LogP contribution in [0.5, 0.6) is 0 Å². The summed E-state index contributed by atoms with van der Waals surface area (Å²) >= 11 is 0. The van der Waals surface area contributed by atoms with E-state index in [0.29, 0.717) is 0 Å². The fraction of sp³-hybridized carbons (Fsp3) is 0.529. The molecule has 2 rings (SSSR count). The average Bonchev–Trinajstić information content (AvgIpc) is 2.55. The maximum atomic E-state index is 13.2. The van der Waals surface area contributed by atoms with E-state index in [4.69, 9.17) is 9.31 Å². The molecule has 0 N–H and O–H groups in total. The van der Waals surface area contributed by atoms with Gasteiger partial charge in [-0.2, -0.15) is 0 Å². The van der Waals surface area contributed by atoms with Crippen molar-refractivity contribution in [3.05, 3.63) is 41.3 Å². The van der Waals surface area contributed by atoms with Crippen molar-refractivity contribution < 1.29 is 13.7 Å². The Morgan fingerprint density at radius 1 is 1.00 bits per heavy atom. The Balaban J connectivity index is 2.44. The minimum absolute atomic E-state index is 0.231. The van der Waals surface area contributed by atoms with Crippen LogP contribution >= 0.6 is 0 Å². The maximum Gasteiger partial charge on any atom is 0.494 e. The molecule has 0 saturated carbocycles. The van der Waals surface area contributed by atoms with E-state index < -0.39 is 15.2 Å². The van der Waals surface area contributed by atoms with E-state index in [0.717, 1.165) is 11.0 Å². The molecule has 1 heterocycles. The zero-order valence-electron chi connectivity index (χ0n) is 14.7. The van der Waals surface area contributed by atoms with Crippen LogP contribution in [-0.4, -0.2) is 26.4 Å². The summed E-state index contributed by atoms with van der Waals surface area (Å²) in [5, 5.41) is 0. The van der Waals surface area contributed by atoms with Gasteiger partial charge in [-0.05, 0) is 50.9 Å². The highest BCUT2D eigenvalue weighted by molar-refractivity contribution is 6.85. The Bertz CT molecular complexity index is 557. The van der Waals surface area contributed by atoms with Gasteiger partial charge in [-0.25, -0.2) is 4.39 Å². The topological polar surface area (TPSA) is 18.5 Å². The summed E-state index contributed by atoms with van der Waals surface area (Å²) < 4.78 is 25.6. The second kappa shape index (κ2) is 5.62. The van der Waals surface area contributed by atoms with Gasteiger partial charge < -0.3 is 9.31 Å². The maximum absolute atomic E-state index is 13.2. The first-order valence-electron chi connectivity index (χ1n) is 7.76. The summed E-state index contributed by atoms with van der Waals surface area (Å²) in [7, 11) is -1.91. The second-order valence-electron chi connectivity index (χ2n) is 8.06. The third-order valence-electron chi connectivity index (χ3n) is 4.27. The molecular formula is C17H26BFO2Si. The van der Waals surface area contributed by atoms with E-state index in [2.05, 4.69) is 25.3 Å². The first-order valence-corrected chi connectivity index (χ1v) is 11.3. The Labute approximate surface area is 134 Å². The van der Waals surface area contributed by atoms with Crippen LogP contribution < -0.4 is 0 Å². The third kappa shape index (κ3) is 3.70. The highest BCUT2D eigenvalue weighted by Crippen LogP contribution is 2.40. The predicted octanol–water partition coefficient (Wildman–Crippen LogP) is 4.72. The summed E-state index contributed by atoms with van der Waals surface area (Å²) in [6.45, 7) is 15.0. The van der Waals surface area contributed by atoms with Crippen molar-refractivity contribution in [1.82, 2.24) is 0 Å². The first kappa shape index (κ1) is 17.4. The molecule has 22 heavy (non-hydrogen) atoms. The highest BCUT2D eigenvalue weighted by atomic mass is 28.3. The van der Waals surface area contributed by atoms with Crippen LogP contribution in [0, 0.1) is 5.82 Å². The van der Waals surface area contributed by atoms with Crippen LogP contribution in [0.2, 0.25) is 19.6 Å². The van der Waals surface area contributed by atoms with Gasteiger partial charge in [-0.1, -0.05) is 37.5 Å². The van der Waals surface area contributed by atoms with Crippen LogP contribution in [0.3, 0.4) is 0 Å². The lowest BCUT2D eigenvalue weighted by Gasteiger charge is -2.32. The molecule has 0 unspecified atom stereocenters. The smallest absolute Gasteiger partial charge is 0.399 e. The molecule has 1 aliphatic rings. The minimum atomic E-state index is -1.49. The molecule has 1 fully saturated rings.